The van der Waals surface area contributed by atoms with E-state index in [9.17, 15) is 68.4 Å². The van der Waals surface area contributed by atoms with Crippen molar-refractivity contribution in [1.82, 2.24) is 56.5 Å². The van der Waals surface area contributed by atoms with Crippen LogP contribution in [0.5, 0.6) is 5.75 Å². The fraction of sp³-hybridized carbons (Fsp3) is 0.574. The summed E-state index contributed by atoms with van der Waals surface area (Å²) < 4.78 is 22.3. The van der Waals surface area contributed by atoms with Gasteiger partial charge in [-0.05, 0) is 106 Å². The number of amides is 6. The summed E-state index contributed by atoms with van der Waals surface area (Å²) in [6.45, 7) is 4.85. The van der Waals surface area contributed by atoms with Crippen molar-refractivity contribution in [2.45, 2.75) is 89.3 Å². The first-order valence-electron chi connectivity index (χ1n) is 30.8. The minimum absolute atomic E-state index is 0.00294. The third kappa shape index (κ3) is 29.4. The third-order valence-corrected chi connectivity index (χ3v) is 15.1. The van der Waals surface area contributed by atoms with Gasteiger partial charge in [-0.15, -0.1) is 0 Å². The summed E-state index contributed by atoms with van der Waals surface area (Å²) in [5.41, 5.74) is 2.34. The van der Waals surface area contributed by atoms with Crippen molar-refractivity contribution in [3.05, 3.63) is 65.9 Å². The minimum Gasteiger partial charge on any atom is -0.484 e. The molecule has 0 saturated carbocycles. The van der Waals surface area contributed by atoms with E-state index in [0.717, 1.165) is 18.4 Å². The molecule has 1 unspecified atom stereocenters. The summed E-state index contributed by atoms with van der Waals surface area (Å²) in [6, 6.07) is 11.1. The van der Waals surface area contributed by atoms with Gasteiger partial charge in [0.15, 0.2) is 11.7 Å². The van der Waals surface area contributed by atoms with Gasteiger partial charge < -0.3 is 81.5 Å². The summed E-state index contributed by atoms with van der Waals surface area (Å²) in [6.07, 6.45) is 5.74. The summed E-state index contributed by atoms with van der Waals surface area (Å²) in [5, 5.41) is 59.1. The maximum atomic E-state index is 13.6. The van der Waals surface area contributed by atoms with Crippen molar-refractivity contribution in [2.75, 3.05) is 143 Å². The number of rotatable bonds is 41. The number of likely N-dealkylation sites (tertiary alicyclic amines) is 1. The molecule has 0 aliphatic carbocycles. The Kier molecular flexibility index (Phi) is 33.5. The molecule has 5 rings (SSSR count). The highest BCUT2D eigenvalue weighted by Crippen LogP contribution is 2.23. The molecule has 0 bridgehead atoms. The molecular formula is C61H88N12O18S. The molecule has 506 valence electrons. The molecule has 6 amide bonds. The topological polar surface area (TPSA) is 399 Å². The molecule has 2 aliphatic rings. The number of carboxylic acid groups (broad SMARTS) is 4. The van der Waals surface area contributed by atoms with E-state index in [4.69, 9.17) is 31.2 Å². The van der Waals surface area contributed by atoms with E-state index in [0.29, 0.717) is 97.8 Å². The van der Waals surface area contributed by atoms with Gasteiger partial charge in [-0.3, -0.25) is 62.8 Å². The first-order valence-corrected chi connectivity index (χ1v) is 31.3. The Morgan fingerprint density at radius 2 is 1.27 bits per heavy atom. The van der Waals surface area contributed by atoms with Gasteiger partial charge in [0.2, 0.25) is 23.6 Å². The second-order valence-corrected chi connectivity index (χ2v) is 22.5. The number of nitrogens with zero attached hydrogens (tertiary/aromatic N) is 5. The highest BCUT2D eigenvalue weighted by Gasteiger charge is 2.30. The van der Waals surface area contributed by atoms with Gasteiger partial charge in [0.1, 0.15) is 17.8 Å². The van der Waals surface area contributed by atoms with Crippen LogP contribution >= 0.6 is 12.2 Å². The summed E-state index contributed by atoms with van der Waals surface area (Å²) >= 11 is 5.54. The highest BCUT2D eigenvalue weighted by molar-refractivity contribution is 7.80. The number of pyridine rings is 1. The molecule has 3 heterocycles. The second-order valence-electron chi connectivity index (χ2n) is 22.1. The molecule has 0 radical (unpaired) electrons. The van der Waals surface area contributed by atoms with Crippen LogP contribution in [0.4, 0.5) is 5.69 Å². The van der Waals surface area contributed by atoms with Crippen molar-refractivity contribution in [3.8, 4) is 5.75 Å². The van der Waals surface area contributed by atoms with Crippen molar-refractivity contribution < 1.29 is 87.3 Å². The Bertz CT molecular complexity index is 2920. The van der Waals surface area contributed by atoms with Crippen LogP contribution in [0.3, 0.4) is 0 Å². The molecule has 2 aromatic carbocycles. The number of unbranched alkanes of at least 4 members (excludes halogenated alkanes) is 2. The van der Waals surface area contributed by atoms with Crippen LogP contribution < -0.4 is 42.0 Å². The fourth-order valence-electron chi connectivity index (χ4n) is 10.2. The second kappa shape index (κ2) is 41.3. The average molecular weight is 1310 g/mol. The number of fused-ring (bicyclic) bond motifs is 1. The van der Waals surface area contributed by atoms with E-state index in [1.165, 1.54) is 13.1 Å². The molecule has 3 atom stereocenters. The lowest BCUT2D eigenvalue weighted by atomic mass is 10.0. The first-order chi connectivity index (χ1) is 44.2. The molecule has 0 spiro atoms. The van der Waals surface area contributed by atoms with Gasteiger partial charge in [-0.1, -0.05) is 12.1 Å². The summed E-state index contributed by atoms with van der Waals surface area (Å²) in [7, 11) is 0. The van der Waals surface area contributed by atoms with E-state index in [2.05, 4.69) is 42.2 Å². The number of thiocarbonyl (C=S) groups is 1. The molecule has 2 saturated heterocycles. The predicted molar refractivity (Wildman–Crippen MR) is 339 cm³/mol. The van der Waals surface area contributed by atoms with Crippen molar-refractivity contribution in [1.29, 1.82) is 0 Å². The van der Waals surface area contributed by atoms with Gasteiger partial charge in [-0.2, -0.15) is 0 Å². The lowest BCUT2D eigenvalue weighted by Gasteiger charge is -2.33. The molecule has 2 aliphatic heterocycles. The number of benzene rings is 2. The monoisotopic (exact) mass is 1310 g/mol. The normalized spacial score (nSPS) is 15.4. The molecule has 1 aromatic heterocycles. The Labute approximate surface area is 539 Å². The lowest BCUT2D eigenvalue weighted by molar-refractivity contribution is -0.142. The van der Waals surface area contributed by atoms with Crippen LogP contribution in [0.25, 0.3) is 10.9 Å². The molecule has 30 nitrogen and oxygen atoms in total. The number of hydrogen-bond donors (Lipinski definition) is 11. The molecule has 92 heavy (non-hydrogen) atoms. The van der Waals surface area contributed by atoms with E-state index < -0.39 is 59.7 Å². The lowest BCUT2D eigenvalue weighted by Crippen LogP contribution is -2.51. The Morgan fingerprint density at radius 1 is 0.641 bits per heavy atom. The van der Waals surface area contributed by atoms with Crippen LogP contribution in [0.2, 0.25) is 0 Å². The standard InChI is InChI=1S/C61H88N12O18S/c1-42(74)62-18-4-3-9-50(60(86)87)69-59(85)49(8-2-5-19-65-61(92)67-44-12-10-43(11-13-44)34-45-37-71(39-56(80)81)25-24-70(38-55(78)79)26-27-73(45)40-57(82)83)68-52(75)17-28-88-30-32-90-33-31-89-29-21-64-53(76)41-91-46-14-15-47-48(16-20-63-51(47)35-46)58(84)66-36-54(77)72-22-6-7-23-72/h10-16,20,35,45,49-50H,2-9,17-19,21-34,36-41H2,1H3,(H,62,74)(H,64,76)(H,66,84)(H,68,75)(H,69,85)(H,78,79)(H,80,81)(H,82,83)(H,86,87)(H2,65,67,92)/t45?,49-,50-/m0/s1. The smallest absolute Gasteiger partial charge is 0.326 e. The van der Waals surface area contributed by atoms with Gasteiger partial charge in [0.05, 0.1) is 76.9 Å². The number of aliphatic carboxylic acids is 4. The van der Waals surface area contributed by atoms with E-state index in [1.54, 1.807) is 56.0 Å². The van der Waals surface area contributed by atoms with Crippen molar-refractivity contribution in [2.24, 2.45) is 0 Å². The van der Waals surface area contributed by atoms with Gasteiger partial charge in [0, 0.05) is 108 Å². The molecule has 3 aromatic rings. The first kappa shape index (κ1) is 74.5. The Morgan fingerprint density at radius 3 is 1.95 bits per heavy atom. The number of carbonyl (C=O) groups is 10. The van der Waals surface area contributed by atoms with Gasteiger partial charge in [-0.25, -0.2) is 4.79 Å². The van der Waals surface area contributed by atoms with Gasteiger partial charge >= 0.3 is 23.9 Å². The fourth-order valence-corrected chi connectivity index (χ4v) is 10.4. The van der Waals surface area contributed by atoms with Crippen molar-refractivity contribution in [3.63, 3.8) is 0 Å². The van der Waals surface area contributed by atoms with Gasteiger partial charge in [0.25, 0.3) is 11.8 Å². The number of anilines is 1. The highest BCUT2D eigenvalue weighted by atomic mass is 32.1. The minimum atomic E-state index is -1.25. The summed E-state index contributed by atoms with van der Waals surface area (Å²) in [4.78, 5) is 134. The molecule has 11 N–H and O–H groups in total. The van der Waals surface area contributed by atoms with Crippen LogP contribution in [0, 0.1) is 0 Å². The van der Waals surface area contributed by atoms with E-state index >= 15 is 0 Å². The summed E-state index contributed by atoms with van der Waals surface area (Å²) in [5.74, 6) is -6.32. The third-order valence-electron chi connectivity index (χ3n) is 14.9. The quantitative estimate of drug-likeness (QED) is 0.0266. The van der Waals surface area contributed by atoms with Crippen LogP contribution in [0.15, 0.2) is 54.7 Å². The maximum Gasteiger partial charge on any atom is 0.326 e. The zero-order valence-corrected chi connectivity index (χ0v) is 52.8. The predicted octanol–water partition coefficient (Wildman–Crippen LogP) is 0.124. The number of carbonyl (C=O) groups excluding carboxylic acids is 6. The van der Waals surface area contributed by atoms with Crippen LogP contribution in [-0.4, -0.2) is 265 Å². The number of ether oxygens (including phenoxy) is 4. The Hall–Kier alpha value is -8.20. The van der Waals surface area contributed by atoms with Crippen LogP contribution in [0.1, 0.15) is 80.6 Å². The van der Waals surface area contributed by atoms with Crippen molar-refractivity contribution >= 4 is 93.2 Å². The number of hydrogen-bond acceptors (Lipinski definition) is 19. The maximum absolute atomic E-state index is 13.6. The number of carboxylic acids is 4. The van der Waals surface area contributed by atoms with E-state index in [-0.39, 0.29) is 142 Å². The molecule has 2 fully saturated rings. The Balaban J connectivity index is 0.980. The zero-order chi connectivity index (χ0) is 66.6. The zero-order valence-electron chi connectivity index (χ0n) is 52.0. The van der Waals surface area contributed by atoms with Crippen LogP contribution in [-0.2, 0) is 63.8 Å². The average Bonchev–Trinajstić information content (AvgIpc) is 1.16. The number of nitrogens with one attached hydrogen (secondary N) is 7. The number of aromatic nitrogens is 1. The molecule has 31 heteroatoms. The van der Waals surface area contributed by atoms with E-state index in [1.807, 2.05) is 12.1 Å². The molecular weight excluding hydrogens is 1220 g/mol. The largest absolute Gasteiger partial charge is 0.484 e. The SMILES string of the molecule is CC(=O)NCCCC[C@H](NC(=O)[C@H](CCCCNC(=S)Nc1ccc(CC2CN(CC(=O)O)CCN(CC(=O)O)CCN2CC(=O)O)cc1)NC(=O)CCOCCOCCOCCNC(=O)COc1ccc2c(C(=O)NCC(=O)N3CCCC3)ccnc2c1)C(=O)O.